The molecule has 7 heteroatoms. The van der Waals surface area contributed by atoms with Gasteiger partial charge < -0.3 is 15.4 Å². The molecule has 0 aliphatic heterocycles. The first-order chi connectivity index (χ1) is 13.0. The van der Waals surface area contributed by atoms with E-state index in [2.05, 4.69) is 15.3 Å². The van der Waals surface area contributed by atoms with Crippen LogP contribution >= 0.6 is 11.8 Å². The van der Waals surface area contributed by atoms with Crippen LogP contribution in [0.3, 0.4) is 0 Å². The maximum atomic E-state index is 12.3. The summed E-state index contributed by atoms with van der Waals surface area (Å²) in [7, 11) is 0. The van der Waals surface area contributed by atoms with Crippen molar-refractivity contribution >= 4 is 23.4 Å². The molecule has 6 nitrogen and oxygen atoms in total. The molecule has 0 bridgehead atoms. The Morgan fingerprint density at radius 1 is 1.15 bits per heavy atom. The van der Waals surface area contributed by atoms with Crippen molar-refractivity contribution in [2.75, 3.05) is 11.1 Å². The number of carbonyl (C=O) groups is 1. The van der Waals surface area contributed by atoms with Gasteiger partial charge >= 0.3 is 0 Å². The zero-order valence-electron chi connectivity index (χ0n) is 14.7. The van der Waals surface area contributed by atoms with Crippen LogP contribution in [0, 0.1) is 6.92 Å². The average molecular weight is 381 g/mol. The van der Waals surface area contributed by atoms with Gasteiger partial charge in [-0.1, -0.05) is 60.3 Å². The Morgan fingerprint density at radius 3 is 2.56 bits per heavy atom. The van der Waals surface area contributed by atoms with Crippen molar-refractivity contribution in [3.05, 3.63) is 81.6 Å². The van der Waals surface area contributed by atoms with E-state index in [-0.39, 0.29) is 34.7 Å². The molecule has 3 N–H and O–H groups in total. The summed E-state index contributed by atoms with van der Waals surface area (Å²) in [6, 6.07) is 16.8. The molecule has 0 atom stereocenters. The highest BCUT2D eigenvalue weighted by Gasteiger charge is 2.13. The standard InChI is InChI=1S/C20H19N3O3S/c1-13-7-5-6-10-16(13)21-17(24)12-27-20-22-18(25)15(19(26)23-20)11-14-8-3-2-4-9-14/h2-10H,11-12H2,1H3,(H,21,24)(H2,22,23,25,26). The number of aromatic nitrogens is 2. The lowest BCUT2D eigenvalue weighted by molar-refractivity contribution is -0.113. The van der Waals surface area contributed by atoms with E-state index in [1.165, 1.54) is 0 Å². The molecule has 0 aliphatic carbocycles. The molecule has 2 aromatic carbocycles. The quantitative estimate of drug-likeness (QED) is 0.450. The number of H-pyrrole nitrogens is 1. The van der Waals surface area contributed by atoms with Gasteiger partial charge in [0.25, 0.3) is 5.56 Å². The first kappa shape index (κ1) is 18.7. The van der Waals surface area contributed by atoms with Crippen molar-refractivity contribution < 1.29 is 9.90 Å². The fourth-order valence-electron chi connectivity index (χ4n) is 2.53. The van der Waals surface area contributed by atoms with E-state index in [0.717, 1.165) is 28.6 Å². The monoisotopic (exact) mass is 381 g/mol. The van der Waals surface area contributed by atoms with E-state index < -0.39 is 5.56 Å². The van der Waals surface area contributed by atoms with Crippen LogP contribution in [0.15, 0.2) is 64.5 Å². The lowest BCUT2D eigenvalue weighted by Crippen LogP contribution is -2.18. The Kier molecular flexibility index (Phi) is 5.93. The van der Waals surface area contributed by atoms with Gasteiger partial charge in [-0.15, -0.1) is 0 Å². The molecule has 0 radical (unpaired) electrons. The van der Waals surface area contributed by atoms with Crippen LogP contribution in [0.4, 0.5) is 5.69 Å². The SMILES string of the molecule is Cc1ccccc1NC(=O)CSc1nc(O)c(Cc2ccccc2)c(=O)[nH]1. The fourth-order valence-corrected chi connectivity index (χ4v) is 3.18. The number of carbonyl (C=O) groups excluding carboxylic acids is 1. The number of para-hydroxylation sites is 1. The number of rotatable bonds is 6. The van der Waals surface area contributed by atoms with E-state index in [1.807, 2.05) is 61.5 Å². The second-order valence-corrected chi connectivity index (χ2v) is 6.95. The highest BCUT2D eigenvalue weighted by molar-refractivity contribution is 7.99. The minimum atomic E-state index is -0.409. The molecule has 0 aliphatic rings. The summed E-state index contributed by atoms with van der Waals surface area (Å²) >= 11 is 1.06. The molecule has 3 rings (SSSR count). The van der Waals surface area contributed by atoms with Gasteiger partial charge in [0.1, 0.15) is 0 Å². The molecular formula is C20H19N3O3S. The Morgan fingerprint density at radius 2 is 1.85 bits per heavy atom. The number of benzene rings is 2. The van der Waals surface area contributed by atoms with Crippen LogP contribution in [0.25, 0.3) is 0 Å². The largest absolute Gasteiger partial charge is 0.493 e. The number of nitrogens with one attached hydrogen (secondary N) is 2. The maximum Gasteiger partial charge on any atom is 0.258 e. The molecule has 0 unspecified atom stereocenters. The number of hydrogen-bond donors (Lipinski definition) is 3. The molecule has 1 amide bonds. The van der Waals surface area contributed by atoms with Crippen LogP contribution < -0.4 is 10.9 Å². The number of hydrogen-bond acceptors (Lipinski definition) is 5. The summed E-state index contributed by atoms with van der Waals surface area (Å²) < 4.78 is 0. The number of nitrogens with zero attached hydrogens (tertiary/aromatic N) is 1. The van der Waals surface area contributed by atoms with E-state index in [1.54, 1.807) is 0 Å². The molecule has 0 saturated heterocycles. The van der Waals surface area contributed by atoms with Crippen LogP contribution in [0.1, 0.15) is 16.7 Å². The van der Waals surface area contributed by atoms with Gasteiger partial charge in [0.15, 0.2) is 5.16 Å². The van der Waals surface area contributed by atoms with Crippen LogP contribution in [0.2, 0.25) is 0 Å². The molecule has 0 saturated carbocycles. The topological polar surface area (TPSA) is 95.1 Å². The zero-order valence-corrected chi connectivity index (χ0v) is 15.5. The van der Waals surface area contributed by atoms with Gasteiger partial charge in [0.05, 0.1) is 11.3 Å². The number of aromatic hydroxyl groups is 1. The Hall–Kier alpha value is -3.06. The van der Waals surface area contributed by atoms with Crippen molar-refractivity contribution in [1.29, 1.82) is 0 Å². The molecule has 0 fully saturated rings. The Labute approximate surface area is 160 Å². The van der Waals surface area contributed by atoms with Crippen molar-refractivity contribution in [2.24, 2.45) is 0 Å². The molecular weight excluding hydrogens is 362 g/mol. The minimum Gasteiger partial charge on any atom is -0.493 e. The molecule has 1 aromatic heterocycles. The summed E-state index contributed by atoms with van der Waals surface area (Å²) in [6.45, 7) is 1.91. The van der Waals surface area contributed by atoms with Crippen molar-refractivity contribution in [2.45, 2.75) is 18.5 Å². The van der Waals surface area contributed by atoms with E-state index in [0.29, 0.717) is 0 Å². The second-order valence-electron chi connectivity index (χ2n) is 5.99. The summed E-state index contributed by atoms with van der Waals surface area (Å²) in [5.74, 6) is -0.469. The fraction of sp³-hybridized carbons (Fsp3) is 0.150. The normalized spacial score (nSPS) is 10.6. The van der Waals surface area contributed by atoms with E-state index >= 15 is 0 Å². The molecule has 1 heterocycles. The third-order valence-corrected chi connectivity index (χ3v) is 4.83. The predicted molar refractivity (Wildman–Crippen MR) is 106 cm³/mol. The third-order valence-electron chi connectivity index (χ3n) is 3.95. The molecule has 138 valence electrons. The van der Waals surface area contributed by atoms with Gasteiger partial charge in [-0.3, -0.25) is 9.59 Å². The van der Waals surface area contributed by atoms with Gasteiger partial charge in [-0.25, -0.2) is 0 Å². The number of amides is 1. The maximum absolute atomic E-state index is 12.3. The highest BCUT2D eigenvalue weighted by Crippen LogP contribution is 2.19. The van der Waals surface area contributed by atoms with Crippen molar-refractivity contribution in [3.8, 4) is 5.88 Å². The number of anilines is 1. The van der Waals surface area contributed by atoms with Crippen LogP contribution in [-0.4, -0.2) is 26.7 Å². The predicted octanol–water partition coefficient (Wildman–Crippen LogP) is 3.11. The molecule has 3 aromatic rings. The molecule has 27 heavy (non-hydrogen) atoms. The Balaban J connectivity index is 1.65. The highest BCUT2D eigenvalue weighted by atomic mass is 32.2. The molecule has 0 spiro atoms. The summed E-state index contributed by atoms with van der Waals surface area (Å²) in [4.78, 5) is 31.0. The van der Waals surface area contributed by atoms with E-state index in [9.17, 15) is 14.7 Å². The first-order valence-electron chi connectivity index (χ1n) is 8.37. The lowest BCUT2D eigenvalue weighted by atomic mass is 10.1. The minimum absolute atomic E-state index is 0.0642. The van der Waals surface area contributed by atoms with Crippen molar-refractivity contribution in [3.63, 3.8) is 0 Å². The van der Waals surface area contributed by atoms with E-state index in [4.69, 9.17) is 0 Å². The number of aryl methyl sites for hydroxylation is 1. The van der Waals surface area contributed by atoms with Crippen molar-refractivity contribution in [1.82, 2.24) is 9.97 Å². The summed E-state index contributed by atoms with van der Waals surface area (Å²) in [5, 5.41) is 13.1. The third kappa shape index (κ3) is 4.98. The van der Waals surface area contributed by atoms with Gasteiger partial charge in [-0.05, 0) is 24.1 Å². The summed E-state index contributed by atoms with van der Waals surface area (Å²) in [6.07, 6.45) is 0.285. The van der Waals surface area contributed by atoms with Crippen LogP contribution in [-0.2, 0) is 11.2 Å². The lowest BCUT2D eigenvalue weighted by Gasteiger charge is -2.08. The second kappa shape index (κ2) is 8.55. The summed E-state index contributed by atoms with van der Waals surface area (Å²) in [5.41, 5.74) is 2.40. The van der Waals surface area contributed by atoms with Gasteiger partial charge in [0, 0.05) is 12.1 Å². The number of thioether (sulfide) groups is 1. The average Bonchev–Trinajstić information content (AvgIpc) is 2.66. The first-order valence-corrected chi connectivity index (χ1v) is 9.36. The Bertz CT molecular complexity index is 1000. The zero-order chi connectivity index (χ0) is 19.2. The van der Waals surface area contributed by atoms with Crippen LogP contribution in [0.5, 0.6) is 5.88 Å². The van der Waals surface area contributed by atoms with Gasteiger partial charge in [0.2, 0.25) is 11.8 Å². The number of aromatic amines is 1. The smallest absolute Gasteiger partial charge is 0.258 e. The van der Waals surface area contributed by atoms with Gasteiger partial charge in [-0.2, -0.15) is 4.98 Å².